The summed E-state index contributed by atoms with van der Waals surface area (Å²) in [4.78, 5) is 12.5. The molecule has 6 nitrogen and oxygen atoms in total. The number of hydrogen-bond donors (Lipinski definition) is 3. The lowest BCUT2D eigenvalue weighted by atomic mass is 10.0. The van der Waals surface area contributed by atoms with Gasteiger partial charge in [0.25, 0.3) is 10.1 Å². The van der Waals surface area contributed by atoms with Gasteiger partial charge in [0.1, 0.15) is 0 Å². The zero-order chi connectivity index (χ0) is 38.2. The van der Waals surface area contributed by atoms with Crippen molar-refractivity contribution in [3.8, 4) is 0 Å². The van der Waals surface area contributed by atoms with Gasteiger partial charge in [0.15, 0.2) is 0 Å². The molecule has 52 heavy (non-hydrogen) atoms. The monoisotopic (exact) mass is 752 g/mol. The summed E-state index contributed by atoms with van der Waals surface area (Å²) in [5.41, 5.74) is 0. The minimum absolute atomic E-state index is 0.284. The van der Waals surface area contributed by atoms with Crippen molar-refractivity contribution < 1.29 is 22.9 Å². The van der Waals surface area contributed by atoms with Gasteiger partial charge in [-0.15, -0.1) is 0 Å². The van der Waals surface area contributed by atoms with Crippen LogP contribution in [0.15, 0.2) is 36.5 Å². The molecule has 2 unspecified atom stereocenters. The van der Waals surface area contributed by atoms with E-state index in [-0.39, 0.29) is 12.3 Å². The van der Waals surface area contributed by atoms with E-state index in [1.54, 1.807) is 0 Å². The van der Waals surface area contributed by atoms with Gasteiger partial charge in [-0.1, -0.05) is 198 Å². The fourth-order valence-corrected chi connectivity index (χ4v) is 7.43. The number of carbonyl (C=O) groups is 1. The van der Waals surface area contributed by atoms with Crippen molar-refractivity contribution in [2.75, 3.05) is 5.75 Å². The molecule has 0 aliphatic heterocycles. The predicted molar refractivity (Wildman–Crippen MR) is 225 cm³/mol. The second kappa shape index (κ2) is 39.3. The first-order valence-corrected chi connectivity index (χ1v) is 23.8. The molecule has 0 spiro atoms. The van der Waals surface area contributed by atoms with E-state index in [0.29, 0.717) is 6.42 Å². The maximum Gasteiger partial charge on any atom is 0.267 e. The predicted octanol–water partition coefficient (Wildman–Crippen LogP) is 13.3. The highest BCUT2D eigenvalue weighted by Crippen LogP contribution is 2.14. The first kappa shape index (κ1) is 50.6. The van der Waals surface area contributed by atoms with Crippen molar-refractivity contribution >= 4 is 16.0 Å². The molecule has 1 amide bonds. The third-order valence-electron chi connectivity index (χ3n) is 10.0. The third kappa shape index (κ3) is 39.8. The number of amides is 1. The van der Waals surface area contributed by atoms with Crippen LogP contribution in [0.4, 0.5) is 0 Å². The second-order valence-corrected chi connectivity index (χ2v) is 16.8. The van der Waals surface area contributed by atoms with Crippen LogP contribution >= 0.6 is 0 Å². The topological polar surface area (TPSA) is 104 Å². The Bertz CT molecular complexity index is 961. The Morgan fingerprint density at radius 1 is 0.500 bits per heavy atom. The Labute approximate surface area is 323 Å². The lowest BCUT2D eigenvalue weighted by molar-refractivity contribution is -0.122. The first-order valence-electron chi connectivity index (χ1n) is 22.2. The second-order valence-electron chi connectivity index (χ2n) is 15.3. The van der Waals surface area contributed by atoms with Gasteiger partial charge in [0.2, 0.25) is 5.91 Å². The van der Waals surface area contributed by atoms with Crippen LogP contribution in [-0.4, -0.2) is 41.9 Å². The van der Waals surface area contributed by atoms with Crippen LogP contribution in [0.3, 0.4) is 0 Å². The minimum atomic E-state index is -4.36. The molecular weight excluding hydrogens is 667 g/mol. The molecule has 0 saturated heterocycles. The number of nitrogens with one attached hydrogen (secondary N) is 1. The molecule has 0 aromatic rings. The van der Waals surface area contributed by atoms with E-state index in [1.807, 2.05) is 6.08 Å². The molecule has 0 aromatic carbocycles. The molecule has 0 aliphatic carbocycles. The van der Waals surface area contributed by atoms with Crippen molar-refractivity contribution in [2.45, 2.75) is 238 Å². The average Bonchev–Trinajstić information content (AvgIpc) is 3.11. The van der Waals surface area contributed by atoms with Gasteiger partial charge in [-0.2, -0.15) is 8.42 Å². The summed E-state index contributed by atoms with van der Waals surface area (Å²) in [6.07, 6.45) is 51.4. The van der Waals surface area contributed by atoms with Crippen LogP contribution in [0.25, 0.3) is 0 Å². The van der Waals surface area contributed by atoms with Crippen molar-refractivity contribution in [3.63, 3.8) is 0 Å². The van der Waals surface area contributed by atoms with E-state index in [1.165, 1.54) is 167 Å². The number of hydrogen-bond acceptors (Lipinski definition) is 4. The smallest absolute Gasteiger partial charge is 0.267 e. The van der Waals surface area contributed by atoms with E-state index in [2.05, 4.69) is 43.5 Å². The van der Waals surface area contributed by atoms with Gasteiger partial charge in [-0.25, -0.2) is 0 Å². The number of allylic oxidation sites excluding steroid dienone is 5. The Morgan fingerprint density at radius 3 is 1.21 bits per heavy atom. The zero-order valence-corrected chi connectivity index (χ0v) is 35.0. The quantitative estimate of drug-likeness (QED) is 0.0328. The molecular formula is C45H85NO5S. The summed E-state index contributed by atoms with van der Waals surface area (Å²) in [7, 11) is -4.36. The summed E-state index contributed by atoms with van der Waals surface area (Å²) >= 11 is 0. The standard InChI is InChI=1S/C45H85NO5S/c1-3-5-7-9-11-13-15-17-19-21-23-24-26-28-30-32-34-36-38-40-44(47)43(42-52(49,50)51)46-45(48)41-39-37-35-33-31-29-27-25-22-20-18-16-14-12-10-8-6-4-2/h20,22,30,32,38,40,43-44,47H,3-19,21,23-29,31,33-37,39,41-42H2,1-2H3,(H,46,48)(H,49,50,51)/b22-20-,32-30+,40-38+. The number of unbranched alkanes of at least 4 members (excludes halogenated alkanes) is 28. The number of aliphatic hydroxyl groups is 1. The summed E-state index contributed by atoms with van der Waals surface area (Å²) < 4.78 is 32.5. The molecule has 0 bridgehead atoms. The van der Waals surface area contributed by atoms with E-state index in [0.717, 1.165) is 38.5 Å². The SMILES string of the molecule is CCCCCCCCC/C=C\CCCCCCCCCC(=O)NC(CS(=O)(=O)O)C(O)/C=C/CC/C=C/CCCCCCCCCCCCCCC. The van der Waals surface area contributed by atoms with Gasteiger partial charge in [-0.3, -0.25) is 9.35 Å². The first-order chi connectivity index (χ1) is 25.3. The average molecular weight is 752 g/mol. The van der Waals surface area contributed by atoms with Crippen LogP contribution in [-0.2, 0) is 14.9 Å². The van der Waals surface area contributed by atoms with Crippen molar-refractivity contribution in [1.82, 2.24) is 5.32 Å². The normalized spacial score (nSPS) is 13.5. The molecule has 0 heterocycles. The fraction of sp³-hybridized carbons (Fsp3) is 0.844. The van der Waals surface area contributed by atoms with Crippen LogP contribution in [0.2, 0.25) is 0 Å². The molecule has 3 N–H and O–H groups in total. The molecule has 0 rings (SSSR count). The highest BCUT2D eigenvalue weighted by atomic mass is 32.2. The molecule has 306 valence electrons. The van der Waals surface area contributed by atoms with Crippen LogP contribution < -0.4 is 5.32 Å². The van der Waals surface area contributed by atoms with Crippen molar-refractivity contribution in [1.29, 1.82) is 0 Å². The molecule has 0 aromatic heterocycles. The van der Waals surface area contributed by atoms with Gasteiger partial charge in [-0.05, 0) is 57.8 Å². The van der Waals surface area contributed by atoms with Crippen molar-refractivity contribution in [2.24, 2.45) is 0 Å². The highest BCUT2D eigenvalue weighted by Gasteiger charge is 2.24. The molecule has 0 radical (unpaired) electrons. The maximum absolute atomic E-state index is 12.5. The van der Waals surface area contributed by atoms with Gasteiger partial charge in [0, 0.05) is 6.42 Å². The summed E-state index contributed by atoms with van der Waals surface area (Å²) in [5, 5.41) is 13.2. The van der Waals surface area contributed by atoms with E-state index in [4.69, 9.17) is 0 Å². The number of carbonyl (C=O) groups excluding carboxylic acids is 1. The van der Waals surface area contributed by atoms with Crippen molar-refractivity contribution in [3.05, 3.63) is 36.5 Å². The Hall–Kier alpha value is -1.44. The Kier molecular flexibility index (Phi) is 38.2. The zero-order valence-electron chi connectivity index (χ0n) is 34.2. The summed E-state index contributed by atoms with van der Waals surface area (Å²) in [6, 6.07) is -1.07. The van der Waals surface area contributed by atoms with E-state index < -0.39 is 28.0 Å². The third-order valence-corrected chi connectivity index (χ3v) is 10.8. The van der Waals surface area contributed by atoms with Gasteiger partial charge >= 0.3 is 0 Å². The van der Waals surface area contributed by atoms with Crippen LogP contribution in [0.5, 0.6) is 0 Å². The maximum atomic E-state index is 12.5. The van der Waals surface area contributed by atoms with E-state index >= 15 is 0 Å². The Morgan fingerprint density at radius 2 is 0.827 bits per heavy atom. The highest BCUT2D eigenvalue weighted by molar-refractivity contribution is 7.85. The largest absolute Gasteiger partial charge is 0.387 e. The lowest BCUT2D eigenvalue weighted by Crippen LogP contribution is -2.46. The molecule has 0 aliphatic rings. The molecule has 0 fully saturated rings. The molecule has 0 saturated carbocycles. The number of rotatable bonds is 40. The molecule has 7 heteroatoms. The fourth-order valence-electron chi connectivity index (χ4n) is 6.70. The minimum Gasteiger partial charge on any atom is -0.387 e. The van der Waals surface area contributed by atoms with Crippen LogP contribution in [0, 0.1) is 0 Å². The summed E-state index contributed by atoms with van der Waals surface area (Å²) in [5.74, 6) is -1.00. The van der Waals surface area contributed by atoms with E-state index in [9.17, 15) is 22.9 Å². The van der Waals surface area contributed by atoms with Gasteiger partial charge in [0.05, 0.1) is 17.9 Å². The lowest BCUT2D eigenvalue weighted by Gasteiger charge is -2.21. The summed E-state index contributed by atoms with van der Waals surface area (Å²) in [6.45, 7) is 4.53. The van der Waals surface area contributed by atoms with Crippen LogP contribution in [0.1, 0.15) is 226 Å². The van der Waals surface area contributed by atoms with Gasteiger partial charge < -0.3 is 10.4 Å². The number of aliphatic hydroxyl groups excluding tert-OH is 1. The molecule has 2 atom stereocenters. The Balaban J connectivity index is 3.93.